The summed E-state index contributed by atoms with van der Waals surface area (Å²) in [4.78, 5) is 4.53. The zero-order chi connectivity index (χ0) is 15.4. The molecule has 1 saturated carbocycles. The summed E-state index contributed by atoms with van der Waals surface area (Å²) < 4.78 is 5.40. The number of hydrogen-bond donors (Lipinski definition) is 1. The van der Waals surface area contributed by atoms with E-state index in [2.05, 4.69) is 10.1 Å². The quantitative estimate of drug-likeness (QED) is 0.895. The van der Waals surface area contributed by atoms with Crippen LogP contribution in [0, 0.1) is 5.92 Å². The van der Waals surface area contributed by atoms with Crippen LogP contribution in [0.5, 0.6) is 0 Å². The van der Waals surface area contributed by atoms with Crippen LogP contribution in [-0.2, 0) is 6.42 Å². The second-order valence-electron chi connectivity index (χ2n) is 6.47. The highest BCUT2D eigenvalue weighted by molar-refractivity contribution is 5.54. The van der Waals surface area contributed by atoms with Gasteiger partial charge in [0, 0.05) is 18.0 Å². The van der Waals surface area contributed by atoms with Crippen molar-refractivity contribution in [2.24, 2.45) is 11.7 Å². The van der Waals surface area contributed by atoms with E-state index in [1.807, 2.05) is 31.2 Å². The first-order valence-electron chi connectivity index (χ1n) is 8.41. The fraction of sp³-hybridized carbons (Fsp3) is 0.556. The van der Waals surface area contributed by atoms with Crippen LogP contribution in [0.1, 0.15) is 62.9 Å². The molecule has 0 spiro atoms. The fourth-order valence-electron chi connectivity index (χ4n) is 3.21. The Morgan fingerprint density at radius 2 is 1.91 bits per heavy atom. The van der Waals surface area contributed by atoms with Crippen LogP contribution in [0.15, 0.2) is 28.8 Å². The normalized spacial score (nSPS) is 17.5. The molecule has 1 aliphatic rings. The zero-order valence-electron chi connectivity index (χ0n) is 13.3. The third-order valence-electron chi connectivity index (χ3n) is 4.65. The zero-order valence-corrected chi connectivity index (χ0v) is 13.3. The standard InChI is InChI=1S/C18H25N3O/c1-13(19)15-8-10-16(11-9-15)18-20-17(22-21-18)12-7-14-5-3-2-4-6-14/h8-11,13-14H,2-7,12,19H2,1H3/t13-/m0/s1. The molecular formula is C18H25N3O. The maximum Gasteiger partial charge on any atom is 0.226 e. The van der Waals surface area contributed by atoms with Crippen molar-refractivity contribution in [3.05, 3.63) is 35.7 Å². The molecule has 1 aromatic carbocycles. The molecule has 0 bridgehead atoms. The largest absolute Gasteiger partial charge is 0.339 e. The van der Waals surface area contributed by atoms with Crippen molar-refractivity contribution in [1.29, 1.82) is 0 Å². The van der Waals surface area contributed by atoms with E-state index in [4.69, 9.17) is 10.3 Å². The monoisotopic (exact) mass is 299 g/mol. The molecule has 118 valence electrons. The van der Waals surface area contributed by atoms with Gasteiger partial charge in [-0.15, -0.1) is 0 Å². The van der Waals surface area contributed by atoms with Gasteiger partial charge in [-0.25, -0.2) is 0 Å². The topological polar surface area (TPSA) is 64.9 Å². The van der Waals surface area contributed by atoms with Crippen LogP contribution < -0.4 is 5.73 Å². The van der Waals surface area contributed by atoms with E-state index in [1.54, 1.807) is 0 Å². The number of nitrogens with two attached hydrogens (primary N) is 1. The smallest absolute Gasteiger partial charge is 0.226 e. The van der Waals surface area contributed by atoms with E-state index in [1.165, 1.54) is 38.5 Å². The summed E-state index contributed by atoms with van der Waals surface area (Å²) in [5.74, 6) is 2.28. The van der Waals surface area contributed by atoms with Crippen molar-refractivity contribution in [1.82, 2.24) is 10.1 Å². The molecule has 4 nitrogen and oxygen atoms in total. The maximum absolute atomic E-state index is 5.87. The molecule has 0 unspecified atom stereocenters. The van der Waals surface area contributed by atoms with E-state index in [0.717, 1.165) is 29.4 Å². The summed E-state index contributed by atoms with van der Waals surface area (Å²) in [6.07, 6.45) is 8.95. The van der Waals surface area contributed by atoms with Crippen molar-refractivity contribution in [3.63, 3.8) is 0 Å². The van der Waals surface area contributed by atoms with Crippen molar-refractivity contribution in [2.75, 3.05) is 0 Å². The second-order valence-corrected chi connectivity index (χ2v) is 6.47. The first-order chi connectivity index (χ1) is 10.7. The lowest BCUT2D eigenvalue weighted by molar-refractivity contribution is 0.315. The van der Waals surface area contributed by atoms with Gasteiger partial charge in [0.25, 0.3) is 0 Å². The highest BCUT2D eigenvalue weighted by Crippen LogP contribution is 2.27. The van der Waals surface area contributed by atoms with E-state index in [9.17, 15) is 0 Å². The maximum atomic E-state index is 5.87. The lowest BCUT2D eigenvalue weighted by Crippen LogP contribution is -2.07. The third-order valence-corrected chi connectivity index (χ3v) is 4.65. The molecule has 1 heterocycles. The summed E-state index contributed by atoms with van der Waals surface area (Å²) >= 11 is 0. The van der Waals surface area contributed by atoms with E-state index in [-0.39, 0.29) is 6.04 Å². The molecule has 1 aliphatic carbocycles. The Bertz CT molecular complexity index is 583. The van der Waals surface area contributed by atoms with Gasteiger partial charge >= 0.3 is 0 Å². The number of aromatic nitrogens is 2. The average molecular weight is 299 g/mol. The summed E-state index contributed by atoms with van der Waals surface area (Å²) in [5.41, 5.74) is 7.97. The molecule has 2 N–H and O–H groups in total. The first kappa shape index (κ1) is 15.2. The van der Waals surface area contributed by atoms with Crippen LogP contribution in [0.25, 0.3) is 11.4 Å². The molecule has 3 rings (SSSR count). The van der Waals surface area contributed by atoms with Gasteiger partial charge in [0.15, 0.2) is 0 Å². The van der Waals surface area contributed by atoms with Crippen LogP contribution >= 0.6 is 0 Å². The predicted octanol–water partition coefficient (Wildman–Crippen LogP) is 4.27. The van der Waals surface area contributed by atoms with Gasteiger partial charge < -0.3 is 10.3 Å². The highest BCUT2D eigenvalue weighted by Gasteiger charge is 2.15. The minimum atomic E-state index is 0.0466. The molecular weight excluding hydrogens is 274 g/mol. The Morgan fingerprint density at radius 3 is 2.59 bits per heavy atom. The van der Waals surface area contributed by atoms with Gasteiger partial charge in [-0.05, 0) is 24.8 Å². The van der Waals surface area contributed by atoms with E-state index < -0.39 is 0 Å². The third kappa shape index (κ3) is 3.74. The number of hydrogen-bond acceptors (Lipinski definition) is 4. The van der Waals surface area contributed by atoms with Gasteiger partial charge in [0.05, 0.1) is 0 Å². The van der Waals surface area contributed by atoms with Crippen molar-refractivity contribution in [3.8, 4) is 11.4 Å². The van der Waals surface area contributed by atoms with Crippen LogP contribution in [0.4, 0.5) is 0 Å². The minimum absolute atomic E-state index is 0.0466. The predicted molar refractivity (Wildman–Crippen MR) is 87.2 cm³/mol. The highest BCUT2D eigenvalue weighted by atomic mass is 16.5. The number of nitrogens with zero attached hydrogens (tertiary/aromatic N) is 2. The average Bonchev–Trinajstić information content (AvgIpc) is 3.03. The molecule has 1 atom stereocenters. The number of aryl methyl sites for hydroxylation is 1. The lowest BCUT2D eigenvalue weighted by atomic mass is 9.86. The number of benzene rings is 1. The van der Waals surface area contributed by atoms with Crippen molar-refractivity contribution in [2.45, 2.75) is 57.9 Å². The van der Waals surface area contributed by atoms with Gasteiger partial charge in [-0.1, -0.05) is 61.5 Å². The molecule has 2 aromatic rings. The van der Waals surface area contributed by atoms with Crippen molar-refractivity contribution < 1.29 is 4.52 Å². The first-order valence-corrected chi connectivity index (χ1v) is 8.41. The molecule has 0 aliphatic heterocycles. The second kappa shape index (κ2) is 7.05. The SMILES string of the molecule is C[C@H](N)c1ccc(-c2noc(CCC3CCCCC3)n2)cc1. The fourth-order valence-corrected chi connectivity index (χ4v) is 3.21. The van der Waals surface area contributed by atoms with Crippen LogP contribution in [0.3, 0.4) is 0 Å². The van der Waals surface area contributed by atoms with E-state index >= 15 is 0 Å². The van der Waals surface area contributed by atoms with Gasteiger partial charge in [0.1, 0.15) is 0 Å². The summed E-state index contributed by atoms with van der Waals surface area (Å²) in [6.45, 7) is 1.98. The Morgan fingerprint density at radius 1 is 1.18 bits per heavy atom. The Balaban J connectivity index is 1.60. The lowest BCUT2D eigenvalue weighted by Gasteiger charge is -2.20. The van der Waals surface area contributed by atoms with E-state index in [0.29, 0.717) is 5.82 Å². The Labute approximate surface area is 132 Å². The molecule has 22 heavy (non-hydrogen) atoms. The summed E-state index contributed by atoms with van der Waals surface area (Å²) in [6, 6.07) is 8.12. The van der Waals surface area contributed by atoms with Crippen molar-refractivity contribution >= 4 is 0 Å². The van der Waals surface area contributed by atoms with Crippen LogP contribution in [0.2, 0.25) is 0 Å². The van der Waals surface area contributed by atoms with Gasteiger partial charge in [-0.3, -0.25) is 0 Å². The minimum Gasteiger partial charge on any atom is -0.339 e. The molecule has 0 saturated heterocycles. The Hall–Kier alpha value is -1.68. The molecule has 0 amide bonds. The van der Waals surface area contributed by atoms with Gasteiger partial charge in [0.2, 0.25) is 11.7 Å². The Kier molecular flexibility index (Phi) is 4.88. The summed E-state index contributed by atoms with van der Waals surface area (Å²) in [7, 11) is 0. The molecule has 4 heteroatoms. The van der Waals surface area contributed by atoms with Gasteiger partial charge in [-0.2, -0.15) is 4.98 Å². The molecule has 0 radical (unpaired) electrons. The summed E-state index contributed by atoms with van der Waals surface area (Å²) in [5, 5.41) is 4.11. The van der Waals surface area contributed by atoms with Crippen LogP contribution in [-0.4, -0.2) is 10.1 Å². The molecule has 1 fully saturated rings. The molecule has 1 aromatic heterocycles. The number of rotatable bonds is 5.